The first-order chi connectivity index (χ1) is 10.2. The van der Waals surface area contributed by atoms with Crippen LogP contribution in [0.5, 0.6) is 0 Å². The molecule has 0 amide bonds. The highest BCUT2D eigenvalue weighted by atomic mass is 32.1. The maximum atomic E-state index is 9.30. The van der Waals surface area contributed by atoms with Crippen LogP contribution in [0, 0.1) is 5.92 Å². The third kappa shape index (κ3) is 3.96. The quantitative estimate of drug-likeness (QED) is 0.746. The van der Waals surface area contributed by atoms with Crippen molar-refractivity contribution in [2.45, 2.75) is 33.7 Å². The molecular formula is C15H26N4OS. The average molecular weight is 310 g/mol. The number of aliphatic hydroxyl groups is 1. The Morgan fingerprint density at radius 2 is 2.24 bits per heavy atom. The van der Waals surface area contributed by atoms with Gasteiger partial charge in [-0.05, 0) is 18.9 Å². The van der Waals surface area contributed by atoms with Crippen molar-refractivity contribution in [3.63, 3.8) is 0 Å². The second kappa shape index (κ2) is 7.77. The minimum atomic E-state index is 0.157. The van der Waals surface area contributed by atoms with Gasteiger partial charge in [0.05, 0.1) is 12.3 Å². The van der Waals surface area contributed by atoms with Gasteiger partial charge < -0.3 is 15.3 Å². The van der Waals surface area contributed by atoms with Crippen LogP contribution in [0.1, 0.15) is 32.9 Å². The van der Waals surface area contributed by atoms with E-state index in [1.807, 2.05) is 0 Å². The van der Waals surface area contributed by atoms with Gasteiger partial charge in [-0.3, -0.25) is 4.40 Å². The minimum absolute atomic E-state index is 0.157. The molecule has 0 bridgehead atoms. The normalized spacial score (nSPS) is 11.7. The predicted molar refractivity (Wildman–Crippen MR) is 89.2 cm³/mol. The monoisotopic (exact) mass is 310 g/mol. The molecule has 2 heterocycles. The number of thiazole rings is 1. The number of anilines is 1. The number of hydrogen-bond donors (Lipinski definition) is 2. The fourth-order valence-corrected chi connectivity index (χ4v) is 3.16. The van der Waals surface area contributed by atoms with E-state index >= 15 is 0 Å². The Balaban J connectivity index is 2.25. The van der Waals surface area contributed by atoms with Gasteiger partial charge in [-0.1, -0.05) is 20.8 Å². The summed E-state index contributed by atoms with van der Waals surface area (Å²) in [5, 5.41) is 14.9. The van der Waals surface area contributed by atoms with Crippen LogP contribution in [-0.2, 0) is 6.54 Å². The third-order valence-electron chi connectivity index (χ3n) is 3.35. The third-order valence-corrected chi connectivity index (χ3v) is 4.10. The highest BCUT2D eigenvalue weighted by molar-refractivity contribution is 7.15. The van der Waals surface area contributed by atoms with Crippen LogP contribution in [0.15, 0.2) is 11.6 Å². The first-order valence-corrected chi connectivity index (χ1v) is 8.56. The van der Waals surface area contributed by atoms with Gasteiger partial charge in [0.15, 0.2) is 10.8 Å². The van der Waals surface area contributed by atoms with E-state index in [2.05, 4.69) is 47.0 Å². The molecule has 2 N–H and O–H groups in total. The molecule has 0 saturated heterocycles. The smallest absolute Gasteiger partial charge is 0.195 e. The van der Waals surface area contributed by atoms with Crippen LogP contribution >= 0.6 is 11.3 Å². The molecule has 0 radical (unpaired) electrons. The number of hydrogen-bond acceptors (Lipinski definition) is 5. The topological polar surface area (TPSA) is 52.8 Å². The van der Waals surface area contributed by atoms with Crippen LogP contribution in [0.3, 0.4) is 0 Å². The van der Waals surface area contributed by atoms with Crippen LogP contribution in [0.4, 0.5) is 5.82 Å². The number of rotatable bonds is 9. The largest absolute Gasteiger partial charge is 0.395 e. The Morgan fingerprint density at radius 3 is 2.90 bits per heavy atom. The fraction of sp³-hybridized carbons (Fsp3) is 0.667. The predicted octanol–water partition coefficient (Wildman–Crippen LogP) is 2.35. The van der Waals surface area contributed by atoms with Crippen molar-refractivity contribution >= 4 is 22.1 Å². The van der Waals surface area contributed by atoms with E-state index in [0.717, 1.165) is 36.8 Å². The van der Waals surface area contributed by atoms with E-state index in [0.29, 0.717) is 12.5 Å². The van der Waals surface area contributed by atoms with Crippen LogP contribution in [0.25, 0.3) is 4.96 Å². The molecule has 0 aliphatic carbocycles. The van der Waals surface area contributed by atoms with Crippen molar-refractivity contribution in [1.82, 2.24) is 14.7 Å². The van der Waals surface area contributed by atoms with Crippen molar-refractivity contribution in [1.29, 1.82) is 0 Å². The van der Waals surface area contributed by atoms with Gasteiger partial charge in [0.2, 0.25) is 0 Å². The van der Waals surface area contributed by atoms with Gasteiger partial charge in [-0.15, -0.1) is 11.3 Å². The van der Waals surface area contributed by atoms with Crippen molar-refractivity contribution in [3.8, 4) is 0 Å². The van der Waals surface area contributed by atoms with Gasteiger partial charge in [0.25, 0.3) is 0 Å². The van der Waals surface area contributed by atoms with Crippen LogP contribution in [0.2, 0.25) is 0 Å². The number of nitrogens with one attached hydrogen (secondary N) is 1. The Hall–Kier alpha value is -1.11. The molecule has 0 unspecified atom stereocenters. The maximum absolute atomic E-state index is 9.30. The van der Waals surface area contributed by atoms with Gasteiger partial charge in [-0.25, -0.2) is 4.98 Å². The maximum Gasteiger partial charge on any atom is 0.195 e. The Morgan fingerprint density at radius 1 is 1.43 bits per heavy atom. The molecule has 0 aliphatic rings. The molecule has 0 spiro atoms. The second-order valence-corrected chi connectivity index (χ2v) is 6.55. The molecule has 0 aliphatic heterocycles. The lowest BCUT2D eigenvalue weighted by Gasteiger charge is -2.22. The summed E-state index contributed by atoms with van der Waals surface area (Å²) in [7, 11) is 0. The molecule has 0 saturated carbocycles. The second-order valence-electron chi connectivity index (χ2n) is 5.67. The van der Waals surface area contributed by atoms with E-state index < -0.39 is 0 Å². The lowest BCUT2D eigenvalue weighted by Crippen LogP contribution is -2.30. The molecule has 0 atom stereocenters. The van der Waals surface area contributed by atoms with Crippen LogP contribution < -0.4 is 10.2 Å². The SMILES string of the molecule is CCCN(CCO)c1nc2sccn2c1CNCC(C)C. The summed E-state index contributed by atoms with van der Waals surface area (Å²) < 4.78 is 2.16. The average Bonchev–Trinajstić information content (AvgIpc) is 3.00. The summed E-state index contributed by atoms with van der Waals surface area (Å²) in [6.07, 6.45) is 3.12. The summed E-state index contributed by atoms with van der Waals surface area (Å²) in [6, 6.07) is 0. The molecule has 0 fully saturated rings. The van der Waals surface area contributed by atoms with Gasteiger partial charge in [0.1, 0.15) is 0 Å². The Kier molecular flexibility index (Phi) is 6.02. The molecule has 6 heteroatoms. The number of nitrogens with zero attached hydrogens (tertiary/aromatic N) is 3. The first kappa shape index (κ1) is 16.3. The molecule has 2 aromatic rings. The zero-order valence-electron chi connectivity index (χ0n) is 13.2. The summed E-state index contributed by atoms with van der Waals surface area (Å²) in [6.45, 7) is 10.1. The molecule has 2 rings (SSSR count). The molecule has 118 valence electrons. The minimum Gasteiger partial charge on any atom is -0.395 e. The molecular weight excluding hydrogens is 284 g/mol. The summed E-state index contributed by atoms with van der Waals surface area (Å²) in [5.74, 6) is 1.64. The van der Waals surface area contributed by atoms with Crippen molar-refractivity contribution in [3.05, 3.63) is 17.3 Å². The van der Waals surface area contributed by atoms with E-state index in [1.54, 1.807) is 11.3 Å². The van der Waals surface area contributed by atoms with E-state index in [9.17, 15) is 5.11 Å². The fourth-order valence-electron chi connectivity index (χ4n) is 2.43. The molecule has 21 heavy (non-hydrogen) atoms. The lowest BCUT2D eigenvalue weighted by atomic mass is 10.2. The molecule has 0 aromatic carbocycles. The van der Waals surface area contributed by atoms with E-state index in [-0.39, 0.29) is 6.61 Å². The zero-order valence-corrected chi connectivity index (χ0v) is 14.0. The van der Waals surface area contributed by atoms with Crippen molar-refractivity contribution in [2.75, 3.05) is 31.1 Å². The Bertz CT molecular complexity index is 543. The van der Waals surface area contributed by atoms with Gasteiger partial charge in [0, 0.05) is 31.2 Å². The lowest BCUT2D eigenvalue weighted by molar-refractivity contribution is 0.301. The summed E-state index contributed by atoms with van der Waals surface area (Å²) in [5.41, 5.74) is 1.19. The van der Waals surface area contributed by atoms with Crippen molar-refractivity contribution < 1.29 is 5.11 Å². The number of aromatic nitrogens is 2. The number of imidazole rings is 1. The first-order valence-electron chi connectivity index (χ1n) is 7.68. The number of fused-ring (bicyclic) bond motifs is 1. The summed E-state index contributed by atoms with van der Waals surface area (Å²) in [4.78, 5) is 7.97. The highest BCUT2D eigenvalue weighted by Gasteiger charge is 2.18. The van der Waals surface area contributed by atoms with E-state index in [1.165, 1.54) is 5.69 Å². The highest BCUT2D eigenvalue weighted by Crippen LogP contribution is 2.25. The van der Waals surface area contributed by atoms with Crippen molar-refractivity contribution in [2.24, 2.45) is 5.92 Å². The van der Waals surface area contributed by atoms with E-state index in [4.69, 9.17) is 4.98 Å². The van der Waals surface area contributed by atoms with Gasteiger partial charge in [-0.2, -0.15) is 0 Å². The van der Waals surface area contributed by atoms with Crippen LogP contribution in [-0.4, -0.2) is 40.7 Å². The van der Waals surface area contributed by atoms with Gasteiger partial charge >= 0.3 is 0 Å². The molecule has 5 nitrogen and oxygen atoms in total. The Labute approximate surface area is 130 Å². The number of aliphatic hydroxyl groups excluding tert-OH is 1. The standard InChI is InChI=1S/C15H26N4OS/c1-4-5-18(6-8-20)14-13(11-16-10-12(2)3)19-7-9-21-15(19)17-14/h7,9,12,16,20H,4-6,8,10-11H2,1-3H3. The zero-order chi connectivity index (χ0) is 15.2. The summed E-state index contributed by atoms with van der Waals surface area (Å²) >= 11 is 1.65. The molecule has 2 aromatic heterocycles.